The zero-order valence-electron chi connectivity index (χ0n) is 12.0. The molecule has 0 fully saturated rings. The van der Waals surface area contributed by atoms with Crippen molar-refractivity contribution >= 4 is 23.3 Å². The first-order valence-corrected chi connectivity index (χ1v) is 6.85. The lowest BCUT2D eigenvalue weighted by atomic mass is 10.1. The highest BCUT2D eigenvalue weighted by Crippen LogP contribution is 2.24. The third-order valence-corrected chi connectivity index (χ3v) is 3.78. The Bertz CT molecular complexity index is 755. The van der Waals surface area contributed by atoms with Gasteiger partial charge in [0.2, 0.25) is 0 Å². The van der Waals surface area contributed by atoms with Crippen LogP contribution in [0.15, 0.2) is 18.2 Å². The van der Waals surface area contributed by atoms with E-state index in [2.05, 4.69) is 5.10 Å². The number of non-ortho nitro benzene ring substituents is 1. The summed E-state index contributed by atoms with van der Waals surface area (Å²) >= 11 is 6.07. The van der Waals surface area contributed by atoms with Crippen molar-refractivity contribution in [3.8, 4) is 0 Å². The van der Waals surface area contributed by atoms with Gasteiger partial charge in [-0.3, -0.25) is 19.6 Å². The van der Waals surface area contributed by atoms with E-state index in [0.29, 0.717) is 23.4 Å². The maximum atomic E-state index is 10.9. The lowest BCUT2D eigenvalue weighted by Gasteiger charge is -2.07. The van der Waals surface area contributed by atoms with E-state index in [1.807, 2.05) is 0 Å². The summed E-state index contributed by atoms with van der Waals surface area (Å²) in [6, 6.07) is 4.25. The molecule has 0 amide bonds. The molecule has 1 aromatic heterocycles. The first-order valence-electron chi connectivity index (χ1n) is 6.47. The molecule has 116 valence electrons. The van der Waals surface area contributed by atoms with E-state index >= 15 is 0 Å². The summed E-state index contributed by atoms with van der Waals surface area (Å²) in [6.07, 6.45) is -0.0916. The SMILES string of the molecule is Cc1nn(Cc2ccc([N+](=O)[O-])cc2Cl)c(C)c1CC(=O)O. The summed E-state index contributed by atoms with van der Waals surface area (Å²) in [7, 11) is 0. The Labute approximate surface area is 131 Å². The summed E-state index contributed by atoms with van der Waals surface area (Å²) in [4.78, 5) is 21.1. The molecule has 2 rings (SSSR count). The van der Waals surface area contributed by atoms with Crippen LogP contribution in [0.4, 0.5) is 5.69 Å². The number of hydrogen-bond acceptors (Lipinski definition) is 4. The Morgan fingerprint density at radius 2 is 2.14 bits per heavy atom. The minimum Gasteiger partial charge on any atom is -0.481 e. The number of nitro benzene ring substituents is 1. The van der Waals surface area contributed by atoms with Crippen LogP contribution < -0.4 is 0 Å². The number of aryl methyl sites for hydroxylation is 1. The lowest BCUT2D eigenvalue weighted by Crippen LogP contribution is -2.06. The average molecular weight is 324 g/mol. The molecule has 0 saturated carbocycles. The van der Waals surface area contributed by atoms with Crippen molar-refractivity contribution in [3.05, 3.63) is 55.9 Å². The second kappa shape index (κ2) is 6.15. The third kappa shape index (κ3) is 3.25. The van der Waals surface area contributed by atoms with Crippen LogP contribution in [0, 0.1) is 24.0 Å². The molecule has 1 aromatic carbocycles. The fourth-order valence-electron chi connectivity index (χ4n) is 2.23. The molecule has 2 aromatic rings. The van der Waals surface area contributed by atoms with Gasteiger partial charge in [-0.1, -0.05) is 11.6 Å². The number of hydrogen-bond donors (Lipinski definition) is 1. The van der Waals surface area contributed by atoms with Crippen molar-refractivity contribution in [1.29, 1.82) is 0 Å². The van der Waals surface area contributed by atoms with Gasteiger partial charge in [0.05, 0.1) is 28.6 Å². The second-order valence-corrected chi connectivity index (χ2v) is 5.32. The van der Waals surface area contributed by atoms with Gasteiger partial charge in [0.25, 0.3) is 5.69 Å². The number of rotatable bonds is 5. The molecule has 0 atom stereocenters. The van der Waals surface area contributed by atoms with Crippen molar-refractivity contribution in [3.63, 3.8) is 0 Å². The standard InChI is InChI=1S/C14H14ClN3O4/c1-8-12(6-14(19)20)9(2)17(16-8)7-10-3-4-11(18(21)22)5-13(10)15/h3-5H,6-7H2,1-2H3,(H,19,20). The molecule has 0 aliphatic carbocycles. The Kier molecular flexibility index (Phi) is 4.46. The molecular weight excluding hydrogens is 310 g/mol. The number of carboxylic acids is 1. The fraction of sp³-hybridized carbons (Fsp3) is 0.286. The number of benzene rings is 1. The number of carbonyl (C=O) groups is 1. The van der Waals surface area contributed by atoms with Crippen molar-refractivity contribution in [2.24, 2.45) is 0 Å². The van der Waals surface area contributed by atoms with Gasteiger partial charge in [-0.15, -0.1) is 0 Å². The Morgan fingerprint density at radius 1 is 1.45 bits per heavy atom. The molecule has 1 N–H and O–H groups in total. The molecule has 0 radical (unpaired) electrons. The van der Waals surface area contributed by atoms with E-state index in [1.165, 1.54) is 12.1 Å². The molecule has 0 unspecified atom stereocenters. The van der Waals surface area contributed by atoms with Gasteiger partial charge in [-0.05, 0) is 25.5 Å². The number of halogens is 1. The summed E-state index contributed by atoms with van der Waals surface area (Å²) in [5.74, 6) is -0.917. The molecule has 0 aliphatic heterocycles. The van der Waals surface area contributed by atoms with Gasteiger partial charge in [0.1, 0.15) is 0 Å². The highest BCUT2D eigenvalue weighted by atomic mass is 35.5. The maximum absolute atomic E-state index is 10.9. The van der Waals surface area contributed by atoms with Crippen LogP contribution in [0.25, 0.3) is 0 Å². The van der Waals surface area contributed by atoms with Gasteiger partial charge in [-0.25, -0.2) is 0 Å². The van der Waals surface area contributed by atoms with Gasteiger partial charge in [0, 0.05) is 23.4 Å². The van der Waals surface area contributed by atoms with Gasteiger partial charge in [0.15, 0.2) is 0 Å². The summed E-state index contributed by atoms with van der Waals surface area (Å²) < 4.78 is 1.65. The Hall–Kier alpha value is -2.41. The predicted molar refractivity (Wildman–Crippen MR) is 80.2 cm³/mol. The maximum Gasteiger partial charge on any atom is 0.307 e. The summed E-state index contributed by atoms with van der Waals surface area (Å²) in [5.41, 5.74) is 2.67. The van der Waals surface area contributed by atoms with E-state index in [1.54, 1.807) is 24.6 Å². The van der Waals surface area contributed by atoms with Crippen LogP contribution in [-0.4, -0.2) is 25.8 Å². The smallest absolute Gasteiger partial charge is 0.307 e. The van der Waals surface area contributed by atoms with Crippen LogP contribution in [0.5, 0.6) is 0 Å². The topological polar surface area (TPSA) is 98.3 Å². The molecule has 0 aliphatic rings. The Morgan fingerprint density at radius 3 is 2.68 bits per heavy atom. The van der Waals surface area contributed by atoms with Crippen LogP contribution >= 0.6 is 11.6 Å². The Balaban J connectivity index is 2.32. The highest BCUT2D eigenvalue weighted by molar-refractivity contribution is 6.31. The third-order valence-electron chi connectivity index (χ3n) is 3.43. The minimum atomic E-state index is -0.917. The molecule has 8 heteroatoms. The van der Waals surface area contributed by atoms with Crippen molar-refractivity contribution < 1.29 is 14.8 Å². The number of carboxylic acid groups (broad SMARTS) is 1. The van der Waals surface area contributed by atoms with E-state index in [9.17, 15) is 14.9 Å². The monoisotopic (exact) mass is 323 g/mol. The van der Waals surface area contributed by atoms with Gasteiger partial charge in [-0.2, -0.15) is 5.10 Å². The van der Waals surface area contributed by atoms with Crippen molar-refractivity contribution in [2.45, 2.75) is 26.8 Å². The number of aliphatic carboxylic acids is 1. The number of nitrogens with zero attached hydrogens (tertiary/aromatic N) is 3. The van der Waals surface area contributed by atoms with E-state index in [0.717, 1.165) is 5.69 Å². The van der Waals surface area contributed by atoms with Crippen LogP contribution in [0.3, 0.4) is 0 Å². The first kappa shape index (κ1) is 16.0. The summed E-state index contributed by atoms with van der Waals surface area (Å²) in [6.45, 7) is 3.86. The predicted octanol–water partition coefficient (Wildman–Crippen LogP) is 2.74. The molecule has 0 spiro atoms. The average Bonchev–Trinajstić information content (AvgIpc) is 2.68. The first-order chi connectivity index (χ1) is 10.3. The van der Waals surface area contributed by atoms with E-state index in [4.69, 9.17) is 16.7 Å². The molecule has 0 bridgehead atoms. The van der Waals surface area contributed by atoms with Crippen LogP contribution in [0.1, 0.15) is 22.5 Å². The summed E-state index contributed by atoms with van der Waals surface area (Å²) in [5, 5.41) is 24.2. The van der Waals surface area contributed by atoms with E-state index in [-0.39, 0.29) is 17.1 Å². The molecule has 1 heterocycles. The molecule has 0 saturated heterocycles. The van der Waals surface area contributed by atoms with Gasteiger partial charge >= 0.3 is 5.97 Å². The zero-order valence-corrected chi connectivity index (χ0v) is 12.8. The van der Waals surface area contributed by atoms with Crippen LogP contribution in [0.2, 0.25) is 5.02 Å². The quantitative estimate of drug-likeness (QED) is 0.673. The largest absolute Gasteiger partial charge is 0.481 e. The lowest BCUT2D eigenvalue weighted by molar-refractivity contribution is -0.384. The van der Waals surface area contributed by atoms with Crippen molar-refractivity contribution in [2.75, 3.05) is 0 Å². The highest BCUT2D eigenvalue weighted by Gasteiger charge is 2.16. The van der Waals surface area contributed by atoms with Crippen LogP contribution in [-0.2, 0) is 17.8 Å². The number of nitro groups is 1. The number of aromatic nitrogens is 2. The normalized spacial score (nSPS) is 10.7. The minimum absolute atomic E-state index is 0.0753. The molecule has 7 nitrogen and oxygen atoms in total. The van der Waals surface area contributed by atoms with Crippen molar-refractivity contribution in [1.82, 2.24) is 9.78 Å². The van der Waals surface area contributed by atoms with Gasteiger partial charge < -0.3 is 5.11 Å². The molecule has 22 heavy (non-hydrogen) atoms. The second-order valence-electron chi connectivity index (χ2n) is 4.91. The van der Waals surface area contributed by atoms with E-state index < -0.39 is 10.9 Å². The molecular formula is C14H14ClN3O4. The zero-order chi connectivity index (χ0) is 16.4. The fourth-order valence-corrected chi connectivity index (χ4v) is 2.47.